The number of hydrogen-bond acceptors (Lipinski definition) is 5. The van der Waals surface area contributed by atoms with E-state index in [0.717, 1.165) is 37.6 Å². The number of aryl methyl sites for hydroxylation is 1. The summed E-state index contributed by atoms with van der Waals surface area (Å²) in [5, 5.41) is 14.6. The summed E-state index contributed by atoms with van der Waals surface area (Å²) < 4.78 is 1.77. The van der Waals surface area contributed by atoms with E-state index in [-0.39, 0.29) is 5.91 Å². The topological polar surface area (TPSA) is 87.6 Å². The van der Waals surface area contributed by atoms with Crippen LogP contribution in [-0.2, 0) is 11.3 Å². The summed E-state index contributed by atoms with van der Waals surface area (Å²) in [6.45, 7) is 9.47. The van der Waals surface area contributed by atoms with Gasteiger partial charge in [0.1, 0.15) is 0 Å². The zero-order valence-electron chi connectivity index (χ0n) is 13.0. The molecule has 21 heavy (non-hydrogen) atoms. The minimum absolute atomic E-state index is 0.119. The number of nitrogen functional groups attached to an aromatic ring is 1. The van der Waals surface area contributed by atoms with Crippen molar-refractivity contribution in [3.05, 3.63) is 11.4 Å². The molecule has 1 unspecified atom stereocenters. The van der Waals surface area contributed by atoms with Crippen molar-refractivity contribution < 1.29 is 9.90 Å². The van der Waals surface area contributed by atoms with Gasteiger partial charge in [0.15, 0.2) is 0 Å². The van der Waals surface area contributed by atoms with Crippen molar-refractivity contribution in [1.82, 2.24) is 19.6 Å². The summed E-state index contributed by atoms with van der Waals surface area (Å²) in [6, 6.07) is 0. The van der Waals surface area contributed by atoms with E-state index < -0.39 is 6.10 Å². The van der Waals surface area contributed by atoms with Gasteiger partial charge in [0.25, 0.3) is 0 Å². The van der Waals surface area contributed by atoms with Gasteiger partial charge in [0.05, 0.1) is 29.7 Å². The SMILES string of the molecule is CC(=O)N1CCN(CC(O)Cn2nc(C)c(N)c2C)CC1. The Kier molecular flexibility index (Phi) is 4.84. The van der Waals surface area contributed by atoms with Crippen molar-refractivity contribution >= 4 is 11.6 Å². The fourth-order valence-corrected chi connectivity index (χ4v) is 2.69. The summed E-state index contributed by atoms with van der Waals surface area (Å²) >= 11 is 0. The summed E-state index contributed by atoms with van der Waals surface area (Å²) in [4.78, 5) is 15.3. The van der Waals surface area contributed by atoms with Crippen molar-refractivity contribution in [2.24, 2.45) is 0 Å². The molecule has 0 bridgehead atoms. The maximum absolute atomic E-state index is 11.3. The average molecular weight is 295 g/mol. The Labute approximate surface area is 125 Å². The van der Waals surface area contributed by atoms with Gasteiger partial charge in [-0.1, -0.05) is 0 Å². The second kappa shape index (κ2) is 6.44. The summed E-state index contributed by atoms with van der Waals surface area (Å²) in [7, 11) is 0. The molecular formula is C14H25N5O2. The number of carbonyl (C=O) groups excluding carboxylic acids is 1. The lowest BCUT2D eigenvalue weighted by atomic mass is 10.2. The normalized spacial score (nSPS) is 18.0. The van der Waals surface area contributed by atoms with E-state index in [2.05, 4.69) is 10.00 Å². The summed E-state index contributed by atoms with van der Waals surface area (Å²) in [5.74, 6) is 0.119. The van der Waals surface area contributed by atoms with E-state index >= 15 is 0 Å². The molecule has 2 heterocycles. The molecule has 0 spiro atoms. The van der Waals surface area contributed by atoms with Crippen molar-refractivity contribution in [1.29, 1.82) is 0 Å². The van der Waals surface area contributed by atoms with Gasteiger partial charge in [0.2, 0.25) is 5.91 Å². The highest BCUT2D eigenvalue weighted by Gasteiger charge is 2.21. The molecule has 0 aliphatic carbocycles. The fraction of sp³-hybridized carbons (Fsp3) is 0.714. The van der Waals surface area contributed by atoms with E-state index in [1.807, 2.05) is 18.7 Å². The maximum atomic E-state index is 11.3. The molecule has 0 saturated carbocycles. The second-order valence-electron chi connectivity index (χ2n) is 5.73. The van der Waals surface area contributed by atoms with Gasteiger partial charge < -0.3 is 15.7 Å². The quantitative estimate of drug-likeness (QED) is 0.790. The lowest BCUT2D eigenvalue weighted by Gasteiger charge is -2.35. The first-order chi connectivity index (χ1) is 9.88. The lowest BCUT2D eigenvalue weighted by molar-refractivity contribution is -0.130. The Morgan fingerprint density at radius 2 is 1.90 bits per heavy atom. The van der Waals surface area contributed by atoms with Crippen LogP contribution in [0.15, 0.2) is 0 Å². The molecule has 3 N–H and O–H groups in total. The summed E-state index contributed by atoms with van der Waals surface area (Å²) in [6.07, 6.45) is -0.494. The highest BCUT2D eigenvalue weighted by atomic mass is 16.3. The van der Waals surface area contributed by atoms with Crippen LogP contribution in [0.25, 0.3) is 0 Å². The molecule has 1 saturated heterocycles. The lowest BCUT2D eigenvalue weighted by Crippen LogP contribution is -2.50. The Morgan fingerprint density at radius 3 is 2.38 bits per heavy atom. The Morgan fingerprint density at radius 1 is 1.29 bits per heavy atom. The van der Waals surface area contributed by atoms with Crippen LogP contribution in [0.3, 0.4) is 0 Å². The van der Waals surface area contributed by atoms with Crippen molar-refractivity contribution in [2.75, 3.05) is 38.5 Å². The monoisotopic (exact) mass is 295 g/mol. The number of aliphatic hydroxyl groups excluding tert-OH is 1. The first kappa shape index (κ1) is 15.8. The fourth-order valence-electron chi connectivity index (χ4n) is 2.69. The predicted octanol–water partition coefficient (Wildman–Crippen LogP) is -0.393. The highest BCUT2D eigenvalue weighted by Crippen LogP contribution is 2.15. The number of piperazine rings is 1. The van der Waals surface area contributed by atoms with Gasteiger partial charge in [-0.3, -0.25) is 14.4 Å². The first-order valence-corrected chi connectivity index (χ1v) is 7.34. The number of aliphatic hydroxyl groups is 1. The zero-order valence-corrected chi connectivity index (χ0v) is 13.0. The minimum Gasteiger partial charge on any atom is -0.396 e. The van der Waals surface area contributed by atoms with Crippen LogP contribution >= 0.6 is 0 Å². The van der Waals surface area contributed by atoms with Gasteiger partial charge in [-0.25, -0.2) is 0 Å². The number of hydrogen-bond donors (Lipinski definition) is 2. The molecule has 2 rings (SSSR count). The van der Waals surface area contributed by atoms with Crippen molar-refractivity contribution in [2.45, 2.75) is 33.4 Å². The van der Waals surface area contributed by atoms with Crippen LogP contribution in [0.2, 0.25) is 0 Å². The molecule has 1 amide bonds. The molecule has 0 radical (unpaired) electrons. The number of nitrogens with two attached hydrogens (primary N) is 1. The van der Waals surface area contributed by atoms with E-state index in [4.69, 9.17) is 5.73 Å². The summed E-state index contributed by atoms with van der Waals surface area (Å²) in [5.41, 5.74) is 8.28. The van der Waals surface area contributed by atoms with E-state index in [1.165, 1.54) is 0 Å². The van der Waals surface area contributed by atoms with E-state index in [0.29, 0.717) is 18.8 Å². The standard InChI is InChI=1S/C14H25N5O2/c1-10-14(15)11(2)19(16-10)9-13(21)8-17-4-6-18(7-5-17)12(3)20/h13,21H,4-9,15H2,1-3H3. The van der Waals surface area contributed by atoms with Gasteiger partial charge in [0, 0.05) is 39.6 Å². The number of nitrogens with zero attached hydrogens (tertiary/aromatic N) is 4. The van der Waals surface area contributed by atoms with Crippen LogP contribution in [0.4, 0.5) is 5.69 Å². The second-order valence-corrected chi connectivity index (χ2v) is 5.73. The van der Waals surface area contributed by atoms with Crippen LogP contribution in [0.5, 0.6) is 0 Å². The Bertz CT molecular complexity index is 506. The number of anilines is 1. The maximum Gasteiger partial charge on any atom is 0.219 e. The Balaban J connectivity index is 1.84. The number of amides is 1. The molecule has 1 atom stereocenters. The predicted molar refractivity (Wildman–Crippen MR) is 80.8 cm³/mol. The number of carbonyl (C=O) groups is 1. The van der Waals surface area contributed by atoms with Gasteiger partial charge >= 0.3 is 0 Å². The number of aromatic nitrogens is 2. The highest BCUT2D eigenvalue weighted by molar-refractivity contribution is 5.73. The molecule has 0 aromatic carbocycles. The molecule has 7 heteroatoms. The largest absolute Gasteiger partial charge is 0.396 e. The van der Waals surface area contributed by atoms with Gasteiger partial charge in [-0.2, -0.15) is 5.10 Å². The Hall–Kier alpha value is -1.60. The van der Waals surface area contributed by atoms with E-state index in [9.17, 15) is 9.90 Å². The van der Waals surface area contributed by atoms with Crippen molar-refractivity contribution in [3.8, 4) is 0 Å². The van der Waals surface area contributed by atoms with Gasteiger partial charge in [-0.05, 0) is 13.8 Å². The smallest absolute Gasteiger partial charge is 0.219 e. The average Bonchev–Trinajstić information content (AvgIpc) is 2.67. The first-order valence-electron chi connectivity index (χ1n) is 7.34. The third-order valence-electron chi connectivity index (χ3n) is 4.11. The molecule has 7 nitrogen and oxygen atoms in total. The zero-order chi connectivity index (χ0) is 15.6. The van der Waals surface area contributed by atoms with Crippen LogP contribution in [0, 0.1) is 13.8 Å². The molecular weight excluding hydrogens is 270 g/mol. The third-order valence-corrected chi connectivity index (χ3v) is 4.11. The molecule has 1 aromatic rings. The third kappa shape index (κ3) is 3.74. The van der Waals surface area contributed by atoms with Gasteiger partial charge in [-0.15, -0.1) is 0 Å². The van der Waals surface area contributed by atoms with E-state index in [1.54, 1.807) is 11.6 Å². The molecule has 118 valence electrons. The van der Waals surface area contributed by atoms with Crippen LogP contribution in [-0.4, -0.2) is 69.4 Å². The molecule has 1 fully saturated rings. The van der Waals surface area contributed by atoms with Crippen molar-refractivity contribution in [3.63, 3.8) is 0 Å². The number of β-amino-alcohol motifs (C(OH)–C–C–N with tert-alkyl or cyclic N) is 1. The number of rotatable bonds is 4. The minimum atomic E-state index is -0.494. The van der Waals surface area contributed by atoms with Crippen LogP contribution in [0.1, 0.15) is 18.3 Å². The molecule has 1 aliphatic rings. The molecule has 1 aliphatic heterocycles. The van der Waals surface area contributed by atoms with Crippen LogP contribution < -0.4 is 5.73 Å². The molecule has 1 aromatic heterocycles.